The normalized spacial score (nSPS) is 16.6. The molecular formula is C18H21N5O3. The molecule has 1 unspecified atom stereocenters. The second kappa shape index (κ2) is 8.45. The Morgan fingerprint density at radius 1 is 1.50 bits per heavy atom. The molecule has 0 spiro atoms. The Morgan fingerprint density at radius 2 is 2.38 bits per heavy atom. The number of amides is 1. The van der Waals surface area contributed by atoms with Crippen LogP contribution in [0.4, 0.5) is 4.79 Å². The number of carbonyl (C=O) groups excluding carboxylic acids is 1. The summed E-state index contributed by atoms with van der Waals surface area (Å²) < 4.78 is 12.1. The van der Waals surface area contributed by atoms with Crippen molar-refractivity contribution in [2.45, 2.75) is 38.8 Å². The lowest BCUT2D eigenvalue weighted by molar-refractivity contribution is 0.00370. The van der Waals surface area contributed by atoms with E-state index in [1.165, 1.54) is 6.42 Å². The van der Waals surface area contributed by atoms with Gasteiger partial charge >= 0.3 is 6.09 Å². The molecule has 1 amide bonds. The Labute approximate surface area is 151 Å². The van der Waals surface area contributed by atoms with Crippen LogP contribution in [0.25, 0.3) is 11.4 Å². The van der Waals surface area contributed by atoms with Crippen molar-refractivity contribution in [3.05, 3.63) is 29.6 Å². The molecule has 0 aliphatic carbocycles. The molecule has 8 nitrogen and oxygen atoms in total. The number of hydrogen-bond donors (Lipinski definition) is 1. The van der Waals surface area contributed by atoms with Gasteiger partial charge in [-0.25, -0.2) is 9.48 Å². The Kier molecular flexibility index (Phi) is 5.81. The van der Waals surface area contributed by atoms with Gasteiger partial charge in [0.25, 0.3) is 0 Å². The second-order valence-corrected chi connectivity index (χ2v) is 6.11. The fraction of sp³-hybridized carbons (Fsp3) is 0.444. The van der Waals surface area contributed by atoms with Crippen molar-refractivity contribution in [2.24, 2.45) is 5.73 Å². The molecule has 2 aromatic rings. The molecule has 1 aliphatic heterocycles. The maximum atomic E-state index is 10.5. The fourth-order valence-electron chi connectivity index (χ4n) is 2.81. The zero-order valence-corrected chi connectivity index (χ0v) is 14.6. The van der Waals surface area contributed by atoms with E-state index in [1.807, 2.05) is 19.2 Å². The molecule has 0 saturated carbocycles. The van der Waals surface area contributed by atoms with Crippen molar-refractivity contribution in [3.8, 4) is 23.2 Å². The number of carbonyl (C=O) groups is 1. The summed E-state index contributed by atoms with van der Waals surface area (Å²) in [6, 6.07) is 1.91. The van der Waals surface area contributed by atoms with Crippen molar-refractivity contribution in [3.63, 3.8) is 0 Å². The summed E-state index contributed by atoms with van der Waals surface area (Å²) in [5, 5.41) is 8.41. The van der Waals surface area contributed by atoms with Crippen LogP contribution >= 0.6 is 0 Å². The van der Waals surface area contributed by atoms with E-state index in [-0.39, 0.29) is 12.7 Å². The molecule has 1 atom stereocenters. The maximum absolute atomic E-state index is 10.5. The highest BCUT2D eigenvalue weighted by Gasteiger charge is 2.16. The van der Waals surface area contributed by atoms with Crippen LogP contribution in [-0.2, 0) is 16.0 Å². The summed E-state index contributed by atoms with van der Waals surface area (Å²) in [7, 11) is 0. The number of ether oxygens (including phenoxy) is 2. The zero-order valence-electron chi connectivity index (χ0n) is 14.6. The Hall–Kier alpha value is -2.92. The highest BCUT2D eigenvalue weighted by atomic mass is 16.5. The fourth-order valence-corrected chi connectivity index (χ4v) is 2.81. The number of nitrogens with zero attached hydrogens (tertiary/aromatic N) is 4. The molecular weight excluding hydrogens is 334 g/mol. The second-order valence-electron chi connectivity index (χ2n) is 6.11. The van der Waals surface area contributed by atoms with E-state index in [0.29, 0.717) is 6.54 Å². The number of nitrogens with two attached hydrogens (primary N) is 1. The SMILES string of the molecule is Cc1cc(C#CCOC(N)=O)cnc1-c1cn(CC2CCCCO2)nn1. The van der Waals surface area contributed by atoms with Crippen LogP contribution in [0.1, 0.15) is 30.4 Å². The summed E-state index contributed by atoms with van der Waals surface area (Å²) in [4.78, 5) is 14.9. The quantitative estimate of drug-likeness (QED) is 0.836. The van der Waals surface area contributed by atoms with Gasteiger partial charge < -0.3 is 15.2 Å². The lowest BCUT2D eigenvalue weighted by Crippen LogP contribution is -2.24. The van der Waals surface area contributed by atoms with Crippen LogP contribution in [0, 0.1) is 18.8 Å². The van der Waals surface area contributed by atoms with Crippen LogP contribution in [0.15, 0.2) is 18.5 Å². The van der Waals surface area contributed by atoms with E-state index in [9.17, 15) is 4.79 Å². The van der Waals surface area contributed by atoms with Gasteiger partial charge in [0.2, 0.25) is 0 Å². The summed E-state index contributed by atoms with van der Waals surface area (Å²) >= 11 is 0. The minimum absolute atomic E-state index is 0.0479. The number of rotatable bonds is 4. The lowest BCUT2D eigenvalue weighted by Gasteiger charge is -2.21. The van der Waals surface area contributed by atoms with Crippen molar-refractivity contribution in [1.82, 2.24) is 20.0 Å². The van der Waals surface area contributed by atoms with E-state index in [1.54, 1.807) is 10.9 Å². The average Bonchev–Trinajstić information content (AvgIpc) is 3.08. The van der Waals surface area contributed by atoms with Crippen molar-refractivity contribution >= 4 is 6.09 Å². The third-order valence-electron chi connectivity index (χ3n) is 4.04. The smallest absolute Gasteiger partial charge is 0.405 e. The van der Waals surface area contributed by atoms with E-state index >= 15 is 0 Å². The van der Waals surface area contributed by atoms with Gasteiger partial charge in [-0.05, 0) is 37.8 Å². The van der Waals surface area contributed by atoms with E-state index in [0.717, 1.165) is 42.0 Å². The Balaban J connectivity index is 1.66. The minimum atomic E-state index is -0.842. The topological polar surface area (TPSA) is 105 Å². The van der Waals surface area contributed by atoms with Gasteiger partial charge in [-0.15, -0.1) is 5.10 Å². The van der Waals surface area contributed by atoms with E-state index in [2.05, 4.69) is 31.9 Å². The predicted molar refractivity (Wildman–Crippen MR) is 94.0 cm³/mol. The van der Waals surface area contributed by atoms with Crippen LogP contribution in [0.3, 0.4) is 0 Å². The van der Waals surface area contributed by atoms with Gasteiger partial charge in [0, 0.05) is 18.4 Å². The molecule has 26 heavy (non-hydrogen) atoms. The lowest BCUT2D eigenvalue weighted by atomic mass is 10.1. The number of pyridine rings is 1. The van der Waals surface area contributed by atoms with Gasteiger partial charge in [-0.3, -0.25) is 4.98 Å². The van der Waals surface area contributed by atoms with Crippen molar-refractivity contribution < 1.29 is 14.3 Å². The molecule has 1 aliphatic rings. The molecule has 3 rings (SSSR count). The third kappa shape index (κ3) is 4.80. The molecule has 2 N–H and O–H groups in total. The first kappa shape index (κ1) is 17.9. The maximum Gasteiger partial charge on any atom is 0.405 e. The molecule has 0 radical (unpaired) electrons. The van der Waals surface area contributed by atoms with Crippen LogP contribution < -0.4 is 5.73 Å². The van der Waals surface area contributed by atoms with Gasteiger partial charge in [-0.1, -0.05) is 17.1 Å². The molecule has 0 aromatic carbocycles. The largest absolute Gasteiger partial charge is 0.437 e. The van der Waals surface area contributed by atoms with Crippen LogP contribution in [-0.4, -0.2) is 45.4 Å². The zero-order chi connectivity index (χ0) is 18.4. The van der Waals surface area contributed by atoms with E-state index in [4.69, 9.17) is 10.5 Å². The minimum Gasteiger partial charge on any atom is -0.437 e. The Bertz CT molecular complexity index is 831. The molecule has 8 heteroatoms. The van der Waals surface area contributed by atoms with Gasteiger partial charge in [0.05, 0.1) is 24.5 Å². The third-order valence-corrected chi connectivity index (χ3v) is 4.04. The standard InChI is InChI=1S/C18H21N5O3/c1-13-9-14(5-4-8-26-18(19)24)10-20-17(13)16-12-23(22-21-16)11-15-6-2-3-7-25-15/h9-10,12,15H,2-3,6-8,11H2,1H3,(H2,19,24). The summed E-state index contributed by atoms with van der Waals surface area (Å²) in [6.07, 6.45) is 6.28. The predicted octanol–water partition coefficient (Wildman–Crippen LogP) is 1.66. The Morgan fingerprint density at radius 3 is 3.12 bits per heavy atom. The number of aryl methyl sites for hydroxylation is 1. The summed E-state index contributed by atoms with van der Waals surface area (Å²) in [5.74, 6) is 5.59. The van der Waals surface area contributed by atoms with Gasteiger partial charge in [0.15, 0.2) is 6.61 Å². The highest BCUT2D eigenvalue weighted by Crippen LogP contribution is 2.20. The summed E-state index contributed by atoms with van der Waals surface area (Å²) in [5.41, 5.74) is 8.02. The number of hydrogen-bond acceptors (Lipinski definition) is 6. The molecule has 0 bridgehead atoms. The number of aromatic nitrogens is 4. The highest BCUT2D eigenvalue weighted by molar-refractivity contribution is 5.64. The van der Waals surface area contributed by atoms with Crippen molar-refractivity contribution in [2.75, 3.05) is 13.2 Å². The number of primary amides is 1. The first-order valence-electron chi connectivity index (χ1n) is 8.51. The monoisotopic (exact) mass is 355 g/mol. The van der Waals surface area contributed by atoms with E-state index < -0.39 is 6.09 Å². The van der Waals surface area contributed by atoms with Crippen LogP contribution in [0.5, 0.6) is 0 Å². The first-order chi connectivity index (χ1) is 12.6. The molecule has 2 aromatic heterocycles. The molecule has 136 valence electrons. The van der Waals surface area contributed by atoms with Crippen molar-refractivity contribution in [1.29, 1.82) is 0 Å². The first-order valence-corrected chi connectivity index (χ1v) is 8.51. The molecule has 1 fully saturated rings. The summed E-state index contributed by atoms with van der Waals surface area (Å²) in [6.45, 7) is 3.42. The van der Waals surface area contributed by atoms with Gasteiger partial charge in [-0.2, -0.15) is 0 Å². The molecule has 3 heterocycles. The van der Waals surface area contributed by atoms with Crippen LogP contribution in [0.2, 0.25) is 0 Å². The van der Waals surface area contributed by atoms with Gasteiger partial charge in [0.1, 0.15) is 5.69 Å². The average molecular weight is 355 g/mol. The molecule has 1 saturated heterocycles.